The standard InChI is InChI=1S/C22H25NO5/c1-26-19-9-8-15(13-20(19)27-2)12-16-10-11-23(14-16)21(24)17-6-4-5-7-18(17)22(25)28-3/h4-9,13,16H,10-12,14H2,1-3H3. The van der Waals surface area contributed by atoms with Gasteiger partial charge in [0.15, 0.2) is 11.5 Å². The number of hydrogen-bond donors (Lipinski definition) is 0. The molecule has 2 aromatic carbocycles. The van der Waals surface area contributed by atoms with Gasteiger partial charge in [-0.05, 0) is 48.6 Å². The van der Waals surface area contributed by atoms with Crippen LogP contribution in [0.3, 0.4) is 0 Å². The predicted molar refractivity (Wildman–Crippen MR) is 105 cm³/mol. The molecule has 1 heterocycles. The first kappa shape index (κ1) is 19.7. The minimum absolute atomic E-state index is 0.129. The third-order valence-electron chi connectivity index (χ3n) is 5.11. The van der Waals surface area contributed by atoms with Gasteiger partial charge in [0.1, 0.15) is 0 Å². The van der Waals surface area contributed by atoms with Crippen molar-refractivity contribution in [1.29, 1.82) is 0 Å². The van der Waals surface area contributed by atoms with Gasteiger partial charge >= 0.3 is 5.97 Å². The average molecular weight is 383 g/mol. The first-order valence-electron chi connectivity index (χ1n) is 9.25. The molecule has 1 amide bonds. The van der Waals surface area contributed by atoms with Crippen molar-refractivity contribution in [2.75, 3.05) is 34.4 Å². The number of ether oxygens (including phenoxy) is 3. The van der Waals surface area contributed by atoms with Gasteiger partial charge < -0.3 is 19.1 Å². The van der Waals surface area contributed by atoms with E-state index in [1.54, 1.807) is 38.5 Å². The Balaban J connectivity index is 1.69. The maximum atomic E-state index is 13.0. The molecule has 6 heteroatoms. The van der Waals surface area contributed by atoms with Crippen molar-refractivity contribution in [3.05, 3.63) is 59.2 Å². The lowest BCUT2D eigenvalue weighted by atomic mass is 9.98. The number of methoxy groups -OCH3 is 3. The third-order valence-corrected chi connectivity index (χ3v) is 5.11. The van der Waals surface area contributed by atoms with Crippen molar-refractivity contribution >= 4 is 11.9 Å². The van der Waals surface area contributed by atoms with Crippen molar-refractivity contribution in [3.8, 4) is 11.5 Å². The fraction of sp³-hybridized carbons (Fsp3) is 0.364. The maximum Gasteiger partial charge on any atom is 0.338 e. The van der Waals surface area contributed by atoms with Crippen molar-refractivity contribution in [2.45, 2.75) is 12.8 Å². The van der Waals surface area contributed by atoms with Crippen LogP contribution in [0.25, 0.3) is 0 Å². The Kier molecular flexibility index (Phi) is 6.19. The molecule has 1 saturated heterocycles. The Morgan fingerprint density at radius 1 is 1.00 bits per heavy atom. The van der Waals surface area contributed by atoms with E-state index in [9.17, 15) is 9.59 Å². The summed E-state index contributed by atoms with van der Waals surface area (Å²) < 4.78 is 15.5. The highest BCUT2D eigenvalue weighted by Gasteiger charge is 2.29. The number of benzene rings is 2. The van der Waals surface area contributed by atoms with Crippen LogP contribution in [0, 0.1) is 5.92 Å². The fourth-order valence-corrected chi connectivity index (χ4v) is 3.65. The number of rotatable bonds is 6. The second-order valence-electron chi connectivity index (χ2n) is 6.84. The van der Waals surface area contributed by atoms with Gasteiger partial charge in [-0.25, -0.2) is 4.79 Å². The van der Waals surface area contributed by atoms with Gasteiger partial charge in [-0.15, -0.1) is 0 Å². The lowest BCUT2D eigenvalue weighted by molar-refractivity contribution is 0.0592. The highest BCUT2D eigenvalue weighted by Crippen LogP contribution is 2.30. The normalized spacial score (nSPS) is 16.0. The molecular weight excluding hydrogens is 358 g/mol. The first-order valence-corrected chi connectivity index (χ1v) is 9.25. The van der Waals surface area contributed by atoms with Gasteiger partial charge in [-0.2, -0.15) is 0 Å². The highest BCUT2D eigenvalue weighted by molar-refractivity contribution is 6.05. The lowest BCUT2D eigenvalue weighted by Gasteiger charge is -2.18. The zero-order valence-electron chi connectivity index (χ0n) is 16.4. The summed E-state index contributed by atoms with van der Waals surface area (Å²) in [6.45, 7) is 1.33. The highest BCUT2D eigenvalue weighted by atomic mass is 16.5. The van der Waals surface area contributed by atoms with E-state index in [4.69, 9.17) is 14.2 Å². The fourth-order valence-electron chi connectivity index (χ4n) is 3.65. The molecule has 6 nitrogen and oxygen atoms in total. The van der Waals surface area contributed by atoms with Crippen LogP contribution in [0.1, 0.15) is 32.7 Å². The summed E-state index contributed by atoms with van der Waals surface area (Å²) in [5.41, 5.74) is 1.84. The molecule has 2 aromatic rings. The molecule has 1 fully saturated rings. The number of amides is 1. The molecule has 28 heavy (non-hydrogen) atoms. The van der Waals surface area contributed by atoms with Crippen molar-refractivity contribution in [1.82, 2.24) is 4.90 Å². The molecule has 148 valence electrons. The molecule has 0 spiro atoms. The van der Waals surface area contributed by atoms with Crippen LogP contribution in [0.2, 0.25) is 0 Å². The third kappa shape index (κ3) is 4.11. The molecule has 0 radical (unpaired) electrons. The first-order chi connectivity index (χ1) is 13.6. The van der Waals surface area contributed by atoms with E-state index >= 15 is 0 Å². The van der Waals surface area contributed by atoms with Gasteiger partial charge in [-0.3, -0.25) is 4.79 Å². The summed E-state index contributed by atoms with van der Waals surface area (Å²) in [7, 11) is 4.55. The lowest BCUT2D eigenvalue weighted by Crippen LogP contribution is -2.30. The molecular formula is C22H25NO5. The Labute approximate surface area is 165 Å². The number of hydrogen-bond acceptors (Lipinski definition) is 5. The zero-order valence-corrected chi connectivity index (χ0v) is 16.4. The Hall–Kier alpha value is -3.02. The minimum Gasteiger partial charge on any atom is -0.493 e. The van der Waals surface area contributed by atoms with Gasteiger partial charge in [-0.1, -0.05) is 18.2 Å². The monoisotopic (exact) mass is 383 g/mol. The number of nitrogens with zero attached hydrogens (tertiary/aromatic N) is 1. The van der Waals surface area contributed by atoms with Crippen LogP contribution in [-0.4, -0.2) is 51.2 Å². The van der Waals surface area contributed by atoms with Crippen LogP contribution >= 0.6 is 0 Å². The second kappa shape index (κ2) is 8.78. The van der Waals surface area contributed by atoms with Crippen LogP contribution in [0.4, 0.5) is 0 Å². The van der Waals surface area contributed by atoms with Crippen molar-refractivity contribution in [2.24, 2.45) is 5.92 Å². The number of esters is 1. The maximum absolute atomic E-state index is 13.0. The van der Waals surface area contributed by atoms with Gasteiger partial charge in [0.2, 0.25) is 0 Å². The molecule has 1 aliphatic heterocycles. The quantitative estimate of drug-likeness (QED) is 0.717. The summed E-state index contributed by atoms with van der Waals surface area (Å²) in [6, 6.07) is 12.7. The van der Waals surface area contributed by atoms with Gasteiger partial charge in [0, 0.05) is 13.1 Å². The van der Waals surface area contributed by atoms with Crippen molar-refractivity contribution < 1.29 is 23.8 Å². The van der Waals surface area contributed by atoms with Crippen LogP contribution in [-0.2, 0) is 11.2 Å². The minimum atomic E-state index is -0.495. The molecule has 0 bridgehead atoms. The molecule has 0 N–H and O–H groups in total. The summed E-state index contributed by atoms with van der Waals surface area (Å²) in [4.78, 5) is 26.7. The van der Waals surface area contributed by atoms with Gasteiger partial charge in [0.05, 0.1) is 32.5 Å². The van der Waals surface area contributed by atoms with E-state index in [1.807, 2.05) is 23.1 Å². The summed E-state index contributed by atoms with van der Waals surface area (Å²) in [5.74, 6) is 1.14. The summed E-state index contributed by atoms with van der Waals surface area (Å²) in [6.07, 6.45) is 1.77. The summed E-state index contributed by atoms with van der Waals surface area (Å²) in [5, 5.41) is 0. The van der Waals surface area contributed by atoms with Crippen LogP contribution in [0.15, 0.2) is 42.5 Å². The Morgan fingerprint density at radius 2 is 1.71 bits per heavy atom. The zero-order chi connectivity index (χ0) is 20.1. The van der Waals surface area contributed by atoms with Crippen molar-refractivity contribution in [3.63, 3.8) is 0 Å². The molecule has 0 aliphatic carbocycles. The summed E-state index contributed by atoms with van der Waals surface area (Å²) >= 11 is 0. The van der Waals surface area contributed by atoms with E-state index < -0.39 is 5.97 Å². The van der Waals surface area contributed by atoms with E-state index in [0.717, 1.165) is 18.4 Å². The average Bonchev–Trinajstić information content (AvgIpc) is 3.20. The largest absolute Gasteiger partial charge is 0.493 e. The topological polar surface area (TPSA) is 65.1 Å². The van der Waals surface area contributed by atoms with Gasteiger partial charge in [0.25, 0.3) is 5.91 Å². The van der Waals surface area contributed by atoms with E-state index in [2.05, 4.69) is 0 Å². The second-order valence-corrected chi connectivity index (χ2v) is 6.84. The molecule has 1 aliphatic rings. The molecule has 1 atom stereocenters. The van der Waals surface area contributed by atoms with E-state index in [1.165, 1.54) is 7.11 Å². The smallest absolute Gasteiger partial charge is 0.338 e. The van der Waals surface area contributed by atoms with Crippen LogP contribution < -0.4 is 9.47 Å². The molecule has 1 unspecified atom stereocenters. The predicted octanol–water partition coefficient (Wildman–Crippen LogP) is 3.20. The molecule has 0 aromatic heterocycles. The Bertz CT molecular complexity index is 864. The van der Waals surface area contributed by atoms with Crippen LogP contribution in [0.5, 0.6) is 11.5 Å². The number of carbonyl (C=O) groups is 2. The molecule has 3 rings (SSSR count). The Morgan fingerprint density at radius 3 is 2.39 bits per heavy atom. The van der Waals surface area contributed by atoms with E-state index in [0.29, 0.717) is 41.6 Å². The SMILES string of the molecule is COC(=O)c1ccccc1C(=O)N1CCC(Cc2ccc(OC)c(OC)c2)C1. The van der Waals surface area contributed by atoms with E-state index in [-0.39, 0.29) is 5.91 Å². The number of carbonyl (C=O) groups excluding carboxylic acids is 2. The molecule has 0 saturated carbocycles. The number of likely N-dealkylation sites (tertiary alicyclic amines) is 1.